The molecule has 0 aromatic heterocycles. The minimum Gasteiger partial charge on any atom is -0.494 e. The minimum absolute atomic E-state index is 0.636. The number of nitrogens with one attached hydrogen (secondary N) is 1. The highest BCUT2D eigenvalue weighted by Crippen LogP contribution is 2.41. The molecule has 1 rings (SSSR count). The van der Waals surface area contributed by atoms with Crippen LogP contribution in [0.3, 0.4) is 0 Å². The molecule has 0 saturated heterocycles. The van der Waals surface area contributed by atoms with Crippen LogP contribution in [0.15, 0.2) is 24.3 Å². The van der Waals surface area contributed by atoms with E-state index in [-0.39, 0.29) is 0 Å². The van der Waals surface area contributed by atoms with E-state index in [1.807, 2.05) is 19.1 Å². The van der Waals surface area contributed by atoms with Crippen LogP contribution in [0.5, 0.6) is 5.75 Å². The summed E-state index contributed by atoms with van der Waals surface area (Å²) < 4.78 is 21.7. The van der Waals surface area contributed by atoms with Crippen molar-refractivity contribution in [2.24, 2.45) is 0 Å². The molecule has 0 heterocycles. The normalized spacial score (nSPS) is 14.3. The second-order valence-corrected chi connectivity index (χ2v) is 5.38. The maximum atomic E-state index is 11.6. The van der Waals surface area contributed by atoms with Crippen LogP contribution in [0.2, 0.25) is 0 Å². The first kappa shape index (κ1) is 12.1. The Morgan fingerprint density at radius 2 is 1.93 bits per heavy atom. The molecule has 0 bridgehead atoms. The molecule has 0 spiro atoms. The van der Waals surface area contributed by atoms with E-state index in [1.54, 1.807) is 12.1 Å². The Kier molecular flexibility index (Phi) is 4.18. The fourth-order valence-corrected chi connectivity index (χ4v) is 1.78. The fraction of sp³-hybridized carbons (Fsp3) is 0.400. The Morgan fingerprint density at radius 3 is 2.40 bits per heavy atom. The lowest BCUT2D eigenvalue weighted by Crippen LogP contribution is -1.97. The van der Waals surface area contributed by atoms with Crippen molar-refractivity contribution in [2.45, 2.75) is 6.92 Å². The average Bonchev–Trinajstić information content (AvgIpc) is 2.21. The molecule has 0 radical (unpaired) electrons. The monoisotopic (exact) mass is 229 g/mol. The Bertz CT molecular complexity index is 350. The molecule has 15 heavy (non-hydrogen) atoms. The van der Waals surface area contributed by atoms with Gasteiger partial charge in [-0.25, -0.2) is 0 Å². The maximum absolute atomic E-state index is 11.6. The van der Waals surface area contributed by atoms with Crippen molar-refractivity contribution in [1.29, 1.82) is 0 Å². The van der Waals surface area contributed by atoms with Crippen LogP contribution in [0.1, 0.15) is 6.92 Å². The Labute approximate surface area is 90.1 Å². The third-order valence-electron chi connectivity index (χ3n) is 1.85. The summed E-state index contributed by atoms with van der Waals surface area (Å²) in [6, 6.07) is 7.25. The van der Waals surface area contributed by atoms with Crippen LogP contribution < -0.4 is 9.82 Å². The standard InChI is InChI=1S/C10H16NO3P/c1-4-14-10-7-5-9(6-8-10)11-15(3,12)13-2/h5-8H,4H2,1-3H3,(H,11,12). The van der Waals surface area contributed by atoms with Crippen molar-refractivity contribution in [3.05, 3.63) is 24.3 Å². The number of hydrogen-bond acceptors (Lipinski definition) is 3. The number of rotatable bonds is 5. The molecule has 84 valence electrons. The molecular formula is C10H16NO3P. The summed E-state index contributed by atoms with van der Waals surface area (Å²) in [5, 5.41) is 2.82. The van der Waals surface area contributed by atoms with E-state index in [0.29, 0.717) is 6.61 Å². The summed E-state index contributed by atoms with van der Waals surface area (Å²) >= 11 is 0. The van der Waals surface area contributed by atoms with Crippen LogP contribution in [0.4, 0.5) is 5.69 Å². The van der Waals surface area contributed by atoms with E-state index in [4.69, 9.17) is 9.26 Å². The summed E-state index contributed by atoms with van der Waals surface area (Å²) in [6.45, 7) is 4.10. The third kappa shape index (κ3) is 3.94. The van der Waals surface area contributed by atoms with Gasteiger partial charge < -0.3 is 14.3 Å². The number of ether oxygens (including phenoxy) is 1. The lowest BCUT2D eigenvalue weighted by Gasteiger charge is -2.13. The topological polar surface area (TPSA) is 47.6 Å². The van der Waals surface area contributed by atoms with Crippen molar-refractivity contribution in [2.75, 3.05) is 25.5 Å². The van der Waals surface area contributed by atoms with Crippen LogP contribution in [-0.2, 0) is 9.09 Å². The highest BCUT2D eigenvalue weighted by atomic mass is 31.2. The molecule has 0 amide bonds. The molecular weight excluding hydrogens is 213 g/mol. The summed E-state index contributed by atoms with van der Waals surface area (Å²) in [5.74, 6) is 0.798. The van der Waals surface area contributed by atoms with Crippen LogP contribution >= 0.6 is 7.52 Å². The van der Waals surface area contributed by atoms with Gasteiger partial charge in [0.05, 0.1) is 6.61 Å². The molecule has 0 aliphatic heterocycles. The molecule has 1 unspecified atom stereocenters. The van der Waals surface area contributed by atoms with E-state index in [9.17, 15) is 4.57 Å². The molecule has 1 N–H and O–H groups in total. The van der Waals surface area contributed by atoms with E-state index in [2.05, 4.69) is 5.09 Å². The zero-order valence-electron chi connectivity index (χ0n) is 9.19. The van der Waals surface area contributed by atoms with Gasteiger partial charge in [0, 0.05) is 19.5 Å². The van der Waals surface area contributed by atoms with Gasteiger partial charge in [-0.05, 0) is 31.2 Å². The van der Waals surface area contributed by atoms with Gasteiger partial charge >= 0.3 is 0 Å². The van der Waals surface area contributed by atoms with Gasteiger partial charge in [-0.2, -0.15) is 0 Å². The third-order valence-corrected chi connectivity index (χ3v) is 3.21. The highest BCUT2D eigenvalue weighted by molar-refractivity contribution is 7.59. The van der Waals surface area contributed by atoms with E-state index >= 15 is 0 Å². The van der Waals surface area contributed by atoms with Crippen molar-refractivity contribution in [3.63, 3.8) is 0 Å². The van der Waals surface area contributed by atoms with Crippen molar-refractivity contribution in [3.8, 4) is 5.75 Å². The lowest BCUT2D eigenvalue weighted by molar-refractivity contribution is 0.340. The second-order valence-electron chi connectivity index (χ2n) is 3.10. The molecule has 1 atom stereocenters. The summed E-state index contributed by atoms with van der Waals surface area (Å²) in [5.41, 5.74) is 0.756. The highest BCUT2D eigenvalue weighted by Gasteiger charge is 2.12. The van der Waals surface area contributed by atoms with E-state index in [1.165, 1.54) is 13.8 Å². The summed E-state index contributed by atoms with van der Waals surface area (Å²) in [4.78, 5) is 0. The largest absolute Gasteiger partial charge is 0.494 e. The van der Waals surface area contributed by atoms with Gasteiger partial charge in [-0.3, -0.25) is 4.57 Å². The second kappa shape index (κ2) is 5.19. The van der Waals surface area contributed by atoms with Gasteiger partial charge in [0.1, 0.15) is 5.75 Å². The minimum atomic E-state index is -2.72. The number of benzene rings is 1. The molecule has 0 aliphatic rings. The molecule has 5 heteroatoms. The van der Waals surface area contributed by atoms with Gasteiger partial charge in [-0.15, -0.1) is 0 Å². The van der Waals surface area contributed by atoms with Gasteiger partial charge in [0.25, 0.3) is 7.52 Å². The molecule has 0 aliphatic carbocycles. The summed E-state index contributed by atoms with van der Waals surface area (Å²) in [6.07, 6.45) is 0. The first-order valence-corrected chi connectivity index (χ1v) is 6.79. The SMILES string of the molecule is CCOc1ccc(NP(C)(=O)OC)cc1. The van der Waals surface area contributed by atoms with E-state index in [0.717, 1.165) is 11.4 Å². The Morgan fingerprint density at radius 1 is 1.33 bits per heavy atom. The molecule has 0 fully saturated rings. The van der Waals surface area contributed by atoms with Crippen molar-refractivity contribution in [1.82, 2.24) is 0 Å². The zero-order valence-corrected chi connectivity index (χ0v) is 10.1. The molecule has 0 saturated carbocycles. The fourth-order valence-electron chi connectivity index (χ4n) is 1.07. The zero-order chi connectivity index (χ0) is 11.3. The van der Waals surface area contributed by atoms with Crippen LogP contribution in [0, 0.1) is 0 Å². The number of anilines is 1. The predicted molar refractivity (Wildman–Crippen MR) is 61.8 cm³/mol. The molecule has 4 nitrogen and oxygen atoms in total. The maximum Gasteiger partial charge on any atom is 0.290 e. The molecule has 1 aromatic carbocycles. The Hall–Kier alpha value is -0.990. The summed E-state index contributed by atoms with van der Waals surface area (Å²) in [7, 11) is -1.30. The number of hydrogen-bond donors (Lipinski definition) is 1. The van der Waals surface area contributed by atoms with Crippen LogP contribution in [-0.4, -0.2) is 20.4 Å². The quantitative estimate of drug-likeness (QED) is 0.788. The average molecular weight is 229 g/mol. The Balaban J connectivity index is 2.68. The first-order chi connectivity index (χ1) is 7.07. The smallest absolute Gasteiger partial charge is 0.290 e. The lowest BCUT2D eigenvalue weighted by atomic mass is 10.3. The van der Waals surface area contributed by atoms with E-state index < -0.39 is 7.52 Å². The van der Waals surface area contributed by atoms with Gasteiger partial charge in [0.2, 0.25) is 0 Å². The van der Waals surface area contributed by atoms with Crippen molar-refractivity contribution < 1.29 is 13.8 Å². The molecule has 1 aromatic rings. The predicted octanol–water partition coefficient (Wildman–Crippen LogP) is 2.97. The van der Waals surface area contributed by atoms with Crippen molar-refractivity contribution >= 4 is 13.2 Å². The van der Waals surface area contributed by atoms with Gasteiger partial charge in [0.15, 0.2) is 0 Å². The van der Waals surface area contributed by atoms with Gasteiger partial charge in [-0.1, -0.05) is 0 Å². The van der Waals surface area contributed by atoms with Crippen LogP contribution in [0.25, 0.3) is 0 Å². The first-order valence-electron chi connectivity index (χ1n) is 4.72.